The Hall–Kier alpha value is -2.33. The molecule has 0 aliphatic heterocycles. The number of benzene rings is 3. The Morgan fingerprint density at radius 1 is 1.04 bits per heavy atom. The zero-order valence-corrected chi connectivity index (χ0v) is 16.1. The van der Waals surface area contributed by atoms with Crippen molar-refractivity contribution < 1.29 is 4.42 Å². The van der Waals surface area contributed by atoms with E-state index >= 15 is 0 Å². The molecular weight excluding hydrogens is 381 g/mol. The minimum atomic E-state index is -0.355. The molecule has 0 bridgehead atoms. The summed E-state index contributed by atoms with van der Waals surface area (Å²) < 4.78 is 5.42. The Morgan fingerprint density at radius 2 is 1.85 bits per heavy atom. The molecule has 0 fully saturated rings. The van der Waals surface area contributed by atoms with E-state index in [-0.39, 0.29) is 11.7 Å². The summed E-state index contributed by atoms with van der Waals surface area (Å²) >= 11 is 12.3. The average Bonchev–Trinajstić information content (AvgIpc) is 2.65. The van der Waals surface area contributed by atoms with Gasteiger partial charge < -0.3 is 9.73 Å². The molecule has 1 atom stereocenters. The van der Waals surface area contributed by atoms with Crippen molar-refractivity contribution >= 4 is 44.9 Å². The molecular formula is C22H17Cl2NO2. The molecule has 136 valence electrons. The summed E-state index contributed by atoms with van der Waals surface area (Å²) in [6, 6.07) is 18.9. The van der Waals surface area contributed by atoms with Gasteiger partial charge in [0, 0.05) is 34.1 Å². The van der Waals surface area contributed by atoms with Crippen molar-refractivity contribution in [2.75, 3.05) is 0 Å². The van der Waals surface area contributed by atoms with Gasteiger partial charge >= 0.3 is 5.63 Å². The van der Waals surface area contributed by atoms with Gasteiger partial charge in [-0.15, -0.1) is 0 Å². The summed E-state index contributed by atoms with van der Waals surface area (Å²) in [6.45, 7) is 2.54. The predicted octanol–water partition coefficient (Wildman–Crippen LogP) is 6.10. The molecule has 0 amide bonds. The Bertz CT molecular complexity index is 1200. The second kappa shape index (κ2) is 7.35. The number of rotatable bonds is 4. The van der Waals surface area contributed by atoms with Gasteiger partial charge in [-0.3, -0.25) is 0 Å². The van der Waals surface area contributed by atoms with Crippen LogP contribution in [0.25, 0.3) is 21.7 Å². The smallest absolute Gasteiger partial charge is 0.336 e. The van der Waals surface area contributed by atoms with Gasteiger partial charge in [0.05, 0.1) is 0 Å². The van der Waals surface area contributed by atoms with Crippen LogP contribution in [-0.2, 0) is 6.54 Å². The van der Waals surface area contributed by atoms with E-state index in [1.807, 2.05) is 55.5 Å². The molecule has 0 aliphatic rings. The van der Waals surface area contributed by atoms with Gasteiger partial charge in [-0.05, 0) is 47.0 Å². The molecule has 4 rings (SSSR count). The van der Waals surface area contributed by atoms with Gasteiger partial charge in [-0.1, -0.05) is 59.6 Å². The van der Waals surface area contributed by atoms with E-state index < -0.39 is 0 Å². The highest BCUT2D eigenvalue weighted by Crippen LogP contribution is 2.29. The van der Waals surface area contributed by atoms with Crippen molar-refractivity contribution in [1.82, 2.24) is 5.32 Å². The van der Waals surface area contributed by atoms with E-state index in [9.17, 15) is 4.79 Å². The van der Waals surface area contributed by atoms with E-state index in [1.54, 1.807) is 12.1 Å². The minimum Gasteiger partial charge on any atom is -0.423 e. The highest BCUT2D eigenvalue weighted by atomic mass is 35.5. The molecule has 1 aromatic heterocycles. The fourth-order valence-electron chi connectivity index (χ4n) is 3.39. The Kier molecular flexibility index (Phi) is 4.92. The van der Waals surface area contributed by atoms with Crippen molar-refractivity contribution in [2.45, 2.75) is 19.5 Å². The summed E-state index contributed by atoms with van der Waals surface area (Å²) in [5.74, 6) is 0. The SMILES string of the molecule is C[C@H](NCc1cc(=O)oc2ccc3ccccc3c12)c1ccc(Cl)cc1Cl. The highest BCUT2D eigenvalue weighted by Gasteiger charge is 2.13. The monoisotopic (exact) mass is 397 g/mol. The normalized spacial score (nSPS) is 12.6. The van der Waals surface area contributed by atoms with E-state index in [4.69, 9.17) is 27.6 Å². The van der Waals surface area contributed by atoms with Crippen molar-refractivity contribution in [1.29, 1.82) is 0 Å². The Balaban J connectivity index is 1.73. The lowest BCUT2D eigenvalue weighted by molar-refractivity contribution is 0.548. The summed E-state index contributed by atoms with van der Waals surface area (Å²) in [5.41, 5.74) is 2.09. The maximum absolute atomic E-state index is 12.0. The molecule has 27 heavy (non-hydrogen) atoms. The summed E-state index contributed by atoms with van der Waals surface area (Å²) in [4.78, 5) is 12.0. The predicted molar refractivity (Wildman–Crippen MR) is 112 cm³/mol. The third kappa shape index (κ3) is 3.59. The van der Waals surface area contributed by atoms with Crippen molar-refractivity contribution in [3.05, 3.63) is 92.3 Å². The second-order valence-electron chi connectivity index (χ2n) is 6.52. The second-order valence-corrected chi connectivity index (χ2v) is 7.36. The lowest BCUT2D eigenvalue weighted by Gasteiger charge is -2.17. The molecule has 1 heterocycles. The summed E-state index contributed by atoms with van der Waals surface area (Å²) in [7, 11) is 0. The fourth-order valence-corrected chi connectivity index (χ4v) is 3.96. The van der Waals surface area contributed by atoms with E-state index in [2.05, 4.69) is 5.32 Å². The van der Waals surface area contributed by atoms with Gasteiger partial charge in [-0.2, -0.15) is 0 Å². The van der Waals surface area contributed by atoms with Gasteiger partial charge in [0.2, 0.25) is 0 Å². The van der Waals surface area contributed by atoms with Crippen LogP contribution in [0.4, 0.5) is 0 Å². The molecule has 0 saturated heterocycles. The molecule has 3 aromatic carbocycles. The van der Waals surface area contributed by atoms with Gasteiger partial charge in [0.1, 0.15) is 5.58 Å². The number of hydrogen-bond donors (Lipinski definition) is 1. The lowest BCUT2D eigenvalue weighted by atomic mass is 10.0. The quantitative estimate of drug-likeness (QED) is 0.333. The zero-order valence-electron chi connectivity index (χ0n) is 14.6. The molecule has 0 saturated carbocycles. The van der Waals surface area contributed by atoms with Crippen molar-refractivity contribution in [2.24, 2.45) is 0 Å². The van der Waals surface area contributed by atoms with Gasteiger partial charge in [0.25, 0.3) is 0 Å². The minimum absolute atomic E-state index is 0.00737. The third-order valence-electron chi connectivity index (χ3n) is 4.74. The molecule has 3 nitrogen and oxygen atoms in total. The van der Waals surface area contributed by atoms with E-state index in [0.717, 1.165) is 27.3 Å². The largest absolute Gasteiger partial charge is 0.423 e. The average molecular weight is 398 g/mol. The molecule has 0 unspecified atom stereocenters. The Labute approximate surface area is 166 Å². The first kappa shape index (κ1) is 18.1. The summed E-state index contributed by atoms with van der Waals surface area (Å²) in [5, 5.41) is 7.79. The lowest BCUT2D eigenvalue weighted by Crippen LogP contribution is -2.19. The summed E-state index contributed by atoms with van der Waals surface area (Å²) in [6.07, 6.45) is 0. The fraction of sp³-hybridized carbons (Fsp3) is 0.136. The first-order chi connectivity index (χ1) is 13.0. The standard InChI is InChI=1S/C22H17Cl2NO2/c1-13(17-8-7-16(23)11-19(17)24)25-12-15-10-21(26)27-20-9-6-14-4-2-3-5-18(14)22(15)20/h2-11,13,25H,12H2,1H3/t13-/m0/s1. The molecule has 5 heteroatoms. The molecule has 1 N–H and O–H groups in total. The van der Waals surface area contributed by atoms with Crippen LogP contribution in [0.3, 0.4) is 0 Å². The molecule has 0 spiro atoms. The van der Waals surface area contributed by atoms with Gasteiger partial charge in [0.15, 0.2) is 0 Å². The van der Waals surface area contributed by atoms with Crippen LogP contribution >= 0.6 is 23.2 Å². The van der Waals surface area contributed by atoms with Crippen LogP contribution in [0.15, 0.2) is 69.9 Å². The van der Waals surface area contributed by atoms with E-state index in [1.165, 1.54) is 0 Å². The molecule has 0 aliphatic carbocycles. The van der Waals surface area contributed by atoms with Crippen molar-refractivity contribution in [3.63, 3.8) is 0 Å². The van der Waals surface area contributed by atoms with Crippen LogP contribution in [0.2, 0.25) is 10.0 Å². The topological polar surface area (TPSA) is 42.2 Å². The molecule has 4 aromatic rings. The maximum atomic E-state index is 12.0. The van der Waals surface area contributed by atoms with E-state index in [0.29, 0.717) is 22.2 Å². The van der Waals surface area contributed by atoms with Crippen LogP contribution in [0, 0.1) is 0 Å². The first-order valence-electron chi connectivity index (χ1n) is 8.66. The van der Waals surface area contributed by atoms with Gasteiger partial charge in [-0.25, -0.2) is 4.79 Å². The van der Waals surface area contributed by atoms with Crippen LogP contribution in [0.5, 0.6) is 0 Å². The van der Waals surface area contributed by atoms with Crippen LogP contribution < -0.4 is 10.9 Å². The zero-order chi connectivity index (χ0) is 19.0. The van der Waals surface area contributed by atoms with Crippen LogP contribution in [0.1, 0.15) is 24.1 Å². The number of halogens is 2. The molecule has 0 radical (unpaired) electrons. The van der Waals surface area contributed by atoms with Crippen molar-refractivity contribution in [3.8, 4) is 0 Å². The third-order valence-corrected chi connectivity index (χ3v) is 5.30. The number of hydrogen-bond acceptors (Lipinski definition) is 3. The Morgan fingerprint density at radius 3 is 2.67 bits per heavy atom. The maximum Gasteiger partial charge on any atom is 0.336 e. The first-order valence-corrected chi connectivity index (χ1v) is 9.41. The van der Waals surface area contributed by atoms with Crippen LogP contribution in [-0.4, -0.2) is 0 Å². The number of fused-ring (bicyclic) bond motifs is 3. The number of nitrogens with one attached hydrogen (secondary N) is 1. The highest BCUT2D eigenvalue weighted by molar-refractivity contribution is 6.35.